The molecule has 0 radical (unpaired) electrons. The average Bonchev–Trinajstić information content (AvgIpc) is 2.83. The molecule has 0 saturated carbocycles. The fourth-order valence-corrected chi connectivity index (χ4v) is 3.57. The first kappa shape index (κ1) is 16.7. The molecule has 128 valence electrons. The summed E-state index contributed by atoms with van der Waals surface area (Å²) in [7, 11) is 1.68. The van der Waals surface area contributed by atoms with Gasteiger partial charge >= 0.3 is 5.63 Å². The SMILES string of the molecule is COCC1CCN(C(=O)Cc2cc3ccccc3oc2=O)C1(C)C. The zero-order chi connectivity index (χ0) is 17.3. The normalized spacial score (nSPS) is 19.8. The van der Waals surface area contributed by atoms with Crippen LogP contribution in [0.3, 0.4) is 0 Å². The Hall–Kier alpha value is -2.14. The van der Waals surface area contributed by atoms with E-state index in [1.54, 1.807) is 19.2 Å². The standard InChI is InChI=1S/C19H23NO4/c1-19(2)15(12-23-3)8-9-20(19)17(21)11-14-10-13-6-4-5-7-16(13)24-18(14)22/h4-7,10,15H,8-9,11-12H2,1-3H3. The maximum atomic E-state index is 12.8. The van der Waals surface area contributed by atoms with Gasteiger partial charge in [0.2, 0.25) is 5.91 Å². The van der Waals surface area contributed by atoms with Crippen molar-refractivity contribution in [3.05, 3.63) is 46.3 Å². The van der Waals surface area contributed by atoms with Gasteiger partial charge in [0.05, 0.1) is 13.0 Å². The van der Waals surface area contributed by atoms with Crippen molar-refractivity contribution in [2.45, 2.75) is 32.2 Å². The van der Waals surface area contributed by atoms with Gasteiger partial charge in [0.15, 0.2) is 0 Å². The first-order valence-corrected chi connectivity index (χ1v) is 8.24. The molecule has 3 rings (SSSR count). The molecule has 0 N–H and O–H groups in total. The second-order valence-corrected chi connectivity index (χ2v) is 6.91. The number of benzene rings is 1. The van der Waals surface area contributed by atoms with Crippen LogP contribution in [-0.2, 0) is 16.0 Å². The molecule has 1 aromatic carbocycles. The number of ether oxygens (including phenoxy) is 1. The van der Waals surface area contributed by atoms with E-state index < -0.39 is 5.63 Å². The molecule has 1 aliphatic heterocycles. The van der Waals surface area contributed by atoms with Crippen LogP contribution in [0.2, 0.25) is 0 Å². The van der Waals surface area contributed by atoms with Crippen LogP contribution in [0.25, 0.3) is 11.0 Å². The number of hydrogen-bond donors (Lipinski definition) is 0. The summed E-state index contributed by atoms with van der Waals surface area (Å²) in [5, 5.41) is 0.831. The molecule has 2 aromatic rings. The van der Waals surface area contributed by atoms with E-state index in [4.69, 9.17) is 9.15 Å². The number of hydrogen-bond acceptors (Lipinski definition) is 4. The zero-order valence-electron chi connectivity index (χ0n) is 14.4. The van der Waals surface area contributed by atoms with Crippen LogP contribution in [0.4, 0.5) is 0 Å². The van der Waals surface area contributed by atoms with Crippen LogP contribution in [0.15, 0.2) is 39.5 Å². The number of likely N-dealkylation sites (tertiary alicyclic amines) is 1. The topological polar surface area (TPSA) is 59.8 Å². The van der Waals surface area contributed by atoms with Crippen molar-refractivity contribution in [3.8, 4) is 0 Å². The number of nitrogens with zero attached hydrogens (tertiary/aromatic N) is 1. The fourth-order valence-electron chi connectivity index (χ4n) is 3.57. The van der Waals surface area contributed by atoms with Crippen molar-refractivity contribution < 1.29 is 13.9 Å². The molecule has 24 heavy (non-hydrogen) atoms. The van der Waals surface area contributed by atoms with E-state index in [-0.39, 0.29) is 17.9 Å². The molecule has 1 aliphatic rings. The molecule has 1 fully saturated rings. The molecule has 0 aliphatic carbocycles. The highest BCUT2D eigenvalue weighted by atomic mass is 16.5. The highest BCUT2D eigenvalue weighted by molar-refractivity contribution is 5.82. The van der Waals surface area contributed by atoms with Crippen molar-refractivity contribution in [2.75, 3.05) is 20.3 Å². The van der Waals surface area contributed by atoms with Crippen LogP contribution in [0.1, 0.15) is 25.8 Å². The number of carbonyl (C=O) groups is 1. The van der Waals surface area contributed by atoms with E-state index in [1.807, 2.05) is 23.1 Å². The molecule has 2 heterocycles. The van der Waals surface area contributed by atoms with Crippen molar-refractivity contribution in [1.29, 1.82) is 0 Å². The molecule has 5 heteroatoms. The lowest BCUT2D eigenvalue weighted by Crippen LogP contribution is -2.47. The second kappa shape index (κ2) is 6.40. The lowest BCUT2D eigenvalue weighted by atomic mass is 9.89. The van der Waals surface area contributed by atoms with E-state index in [0.717, 1.165) is 11.8 Å². The molecule has 1 atom stereocenters. The van der Waals surface area contributed by atoms with Gasteiger partial charge in [-0.2, -0.15) is 0 Å². The maximum absolute atomic E-state index is 12.8. The molecular weight excluding hydrogens is 306 g/mol. The maximum Gasteiger partial charge on any atom is 0.339 e. The quantitative estimate of drug-likeness (QED) is 0.809. The molecular formula is C19H23NO4. The largest absolute Gasteiger partial charge is 0.423 e. The summed E-state index contributed by atoms with van der Waals surface area (Å²) in [6.07, 6.45) is 0.981. The highest BCUT2D eigenvalue weighted by Gasteiger charge is 2.43. The Morgan fingerprint density at radius 3 is 2.88 bits per heavy atom. The lowest BCUT2D eigenvalue weighted by molar-refractivity contribution is -0.134. The Morgan fingerprint density at radius 2 is 2.12 bits per heavy atom. The van der Waals surface area contributed by atoms with Crippen molar-refractivity contribution >= 4 is 16.9 Å². The van der Waals surface area contributed by atoms with Crippen LogP contribution >= 0.6 is 0 Å². The Kier molecular flexibility index (Phi) is 4.45. The Balaban J connectivity index is 1.83. The summed E-state index contributed by atoms with van der Waals surface area (Å²) in [6, 6.07) is 9.09. The third kappa shape index (κ3) is 2.96. The Bertz CT molecular complexity index is 808. The van der Waals surface area contributed by atoms with Gasteiger partial charge < -0.3 is 14.1 Å². The van der Waals surface area contributed by atoms with Gasteiger partial charge in [-0.1, -0.05) is 18.2 Å². The highest BCUT2D eigenvalue weighted by Crippen LogP contribution is 2.35. The van der Waals surface area contributed by atoms with E-state index in [0.29, 0.717) is 30.2 Å². The first-order chi connectivity index (χ1) is 11.4. The smallest absolute Gasteiger partial charge is 0.339 e. The fraction of sp³-hybridized carbons (Fsp3) is 0.474. The van der Waals surface area contributed by atoms with Gasteiger partial charge in [-0.15, -0.1) is 0 Å². The number of amides is 1. The summed E-state index contributed by atoms with van der Waals surface area (Å²) >= 11 is 0. The number of fused-ring (bicyclic) bond motifs is 1. The van der Waals surface area contributed by atoms with E-state index in [2.05, 4.69) is 13.8 Å². The van der Waals surface area contributed by atoms with E-state index >= 15 is 0 Å². The van der Waals surface area contributed by atoms with Crippen molar-refractivity contribution in [3.63, 3.8) is 0 Å². The molecule has 1 aromatic heterocycles. The average molecular weight is 329 g/mol. The number of methoxy groups -OCH3 is 1. The molecule has 0 bridgehead atoms. The Labute approximate surface area is 141 Å². The van der Waals surface area contributed by atoms with Crippen molar-refractivity contribution in [1.82, 2.24) is 4.90 Å². The van der Waals surface area contributed by atoms with Gasteiger partial charge in [-0.25, -0.2) is 4.79 Å². The van der Waals surface area contributed by atoms with Gasteiger partial charge in [0, 0.05) is 36.1 Å². The minimum Gasteiger partial charge on any atom is -0.423 e. The molecule has 0 spiro atoms. The van der Waals surface area contributed by atoms with Gasteiger partial charge in [-0.05, 0) is 32.4 Å². The number of para-hydroxylation sites is 1. The van der Waals surface area contributed by atoms with Crippen LogP contribution in [-0.4, -0.2) is 36.6 Å². The zero-order valence-corrected chi connectivity index (χ0v) is 14.4. The number of rotatable bonds is 4. The van der Waals surface area contributed by atoms with Gasteiger partial charge in [-0.3, -0.25) is 4.79 Å². The summed E-state index contributed by atoms with van der Waals surface area (Å²) in [5.41, 5.74) is 0.238. The summed E-state index contributed by atoms with van der Waals surface area (Å²) < 4.78 is 10.6. The summed E-state index contributed by atoms with van der Waals surface area (Å²) in [6.45, 7) is 5.45. The first-order valence-electron chi connectivity index (χ1n) is 8.24. The van der Waals surface area contributed by atoms with Gasteiger partial charge in [0.1, 0.15) is 5.58 Å². The summed E-state index contributed by atoms with van der Waals surface area (Å²) in [4.78, 5) is 26.8. The molecule has 1 unspecified atom stereocenters. The molecule has 5 nitrogen and oxygen atoms in total. The van der Waals surface area contributed by atoms with Gasteiger partial charge in [0.25, 0.3) is 0 Å². The third-order valence-corrected chi connectivity index (χ3v) is 5.12. The lowest BCUT2D eigenvalue weighted by Gasteiger charge is -2.36. The monoisotopic (exact) mass is 329 g/mol. The van der Waals surface area contributed by atoms with E-state index in [1.165, 1.54) is 0 Å². The van der Waals surface area contributed by atoms with Crippen LogP contribution in [0.5, 0.6) is 0 Å². The summed E-state index contributed by atoms with van der Waals surface area (Å²) in [5.74, 6) is 0.264. The molecule has 1 amide bonds. The number of carbonyl (C=O) groups excluding carboxylic acids is 1. The second-order valence-electron chi connectivity index (χ2n) is 6.91. The third-order valence-electron chi connectivity index (χ3n) is 5.12. The predicted octanol–water partition coefficient (Wildman–Crippen LogP) is 2.61. The van der Waals surface area contributed by atoms with Crippen molar-refractivity contribution in [2.24, 2.45) is 5.92 Å². The van der Waals surface area contributed by atoms with E-state index in [9.17, 15) is 9.59 Å². The predicted molar refractivity (Wildman–Crippen MR) is 92.0 cm³/mol. The van der Waals surface area contributed by atoms with Crippen LogP contribution in [0, 0.1) is 5.92 Å². The minimum atomic E-state index is -0.438. The van der Waals surface area contributed by atoms with Crippen LogP contribution < -0.4 is 5.63 Å². The Morgan fingerprint density at radius 1 is 1.38 bits per heavy atom. The minimum absolute atomic E-state index is 0.0406. The molecule has 1 saturated heterocycles.